The van der Waals surface area contributed by atoms with Crippen LogP contribution in [0.1, 0.15) is 31.0 Å². The molecule has 0 radical (unpaired) electrons. The van der Waals surface area contributed by atoms with Crippen molar-refractivity contribution in [2.24, 2.45) is 11.8 Å². The van der Waals surface area contributed by atoms with Gasteiger partial charge in [-0.3, -0.25) is 9.59 Å². The Bertz CT molecular complexity index is 1120. The van der Waals surface area contributed by atoms with Crippen LogP contribution in [0.15, 0.2) is 56.8 Å². The summed E-state index contributed by atoms with van der Waals surface area (Å²) in [6.07, 6.45) is 6.58. The number of nitrogens with zero attached hydrogens (tertiary/aromatic N) is 3. The number of rotatable bonds is 4. The molecule has 0 saturated heterocycles. The van der Waals surface area contributed by atoms with Crippen LogP contribution in [0, 0.1) is 17.7 Å². The molecule has 0 spiro atoms. The average Bonchev–Trinajstić information content (AvgIpc) is 3.06. The molecule has 2 aromatic heterocycles. The molecule has 0 amide bonds. The fourth-order valence-electron chi connectivity index (χ4n) is 4.18. The Morgan fingerprint density at radius 1 is 1.07 bits per heavy atom. The molecule has 2 heterocycles. The van der Waals surface area contributed by atoms with Crippen LogP contribution in [0.5, 0.6) is 0 Å². The van der Waals surface area contributed by atoms with E-state index >= 15 is 0 Å². The lowest BCUT2D eigenvalue weighted by molar-refractivity contribution is 0.418. The SMILES string of the molecule is O=c1c(=O)n(C2CC3CC3C2)ccn1Cc1cc(-c2cccc(F)c2)on1. The van der Waals surface area contributed by atoms with Crippen molar-refractivity contribution >= 4 is 0 Å². The number of aromatic nitrogens is 3. The molecule has 0 aliphatic heterocycles. The molecule has 2 fully saturated rings. The van der Waals surface area contributed by atoms with Crippen molar-refractivity contribution in [2.75, 3.05) is 0 Å². The van der Waals surface area contributed by atoms with Crippen molar-refractivity contribution in [3.63, 3.8) is 0 Å². The molecule has 2 aliphatic rings. The van der Waals surface area contributed by atoms with Gasteiger partial charge in [0.05, 0.1) is 6.54 Å². The monoisotopic (exact) mass is 367 g/mol. The summed E-state index contributed by atoms with van der Waals surface area (Å²) in [7, 11) is 0. The van der Waals surface area contributed by atoms with Gasteiger partial charge in [0.2, 0.25) is 0 Å². The molecule has 2 atom stereocenters. The predicted octanol–water partition coefficient (Wildman–Crippen LogP) is 2.82. The van der Waals surface area contributed by atoms with E-state index in [2.05, 4.69) is 5.16 Å². The van der Waals surface area contributed by atoms with Gasteiger partial charge in [0, 0.05) is 30.1 Å². The third-order valence-electron chi connectivity index (χ3n) is 5.70. The van der Waals surface area contributed by atoms with Crippen molar-refractivity contribution in [3.8, 4) is 11.3 Å². The highest BCUT2D eigenvalue weighted by Crippen LogP contribution is 2.55. The number of hydrogen-bond acceptors (Lipinski definition) is 4. The zero-order chi connectivity index (χ0) is 18.5. The largest absolute Gasteiger partial charge is 0.356 e. The lowest BCUT2D eigenvalue weighted by Gasteiger charge is -2.15. The maximum absolute atomic E-state index is 13.4. The van der Waals surface area contributed by atoms with Crippen LogP contribution < -0.4 is 11.1 Å². The van der Waals surface area contributed by atoms with E-state index in [0.29, 0.717) is 17.0 Å². The molecular formula is C20H18FN3O3. The standard InChI is InChI=1S/C20H18FN3O3/c21-15-3-1-2-12(7-15)18-10-16(22-27-18)11-23-4-5-24(20(26)19(23)25)17-8-13-6-14(13)9-17/h1-5,7,10,13-14,17H,6,8-9,11H2. The maximum atomic E-state index is 13.4. The second-order valence-electron chi connectivity index (χ2n) is 7.52. The molecule has 2 aliphatic carbocycles. The van der Waals surface area contributed by atoms with Gasteiger partial charge in [0.25, 0.3) is 0 Å². The normalized spacial score (nSPS) is 23.4. The summed E-state index contributed by atoms with van der Waals surface area (Å²) >= 11 is 0. The summed E-state index contributed by atoms with van der Waals surface area (Å²) in [4.78, 5) is 25.0. The lowest BCUT2D eigenvalue weighted by atomic mass is 10.1. The first-order chi connectivity index (χ1) is 13.1. The maximum Gasteiger partial charge on any atom is 0.316 e. The summed E-state index contributed by atoms with van der Waals surface area (Å²) in [5, 5.41) is 3.94. The Kier molecular flexibility index (Phi) is 3.63. The number of halogens is 1. The highest BCUT2D eigenvalue weighted by molar-refractivity contribution is 5.57. The highest BCUT2D eigenvalue weighted by Gasteiger charge is 2.46. The van der Waals surface area contributed by atoms with Gasteiger partial charge in [-0.2, -0.15) is 0 Å². The van der Waals surface area contributed by atoms with Gasteiger partial charge in [-0.15, -0.1) is 0 Å². The summed E-state index contributed by atoms with van der Waals surface area (Å²) in [6, 6.07) is 7.80. The van der Waals surface area contributed by atoms with Crippen LogP contribution in [0.2, 0.25) is 0 Å². The highest BCUT2D eigenvalue weighted by atomic mass is 19.1. The molecule has 6 nitrogen and oxygen atoms in total. The molecule has 138 valence electrons. The second kappa shape index (κ2) is 6.04. The molecule has 2 unspecified atom stereocenters. The van der Waals surface area contributed by atoms with Crippen molar-refractivity contribution in [1.29, 1.82) is 0 Å². The Hall–Kier alpha value is -2.96. The number of benzene rings is 1. The molecule has 2 saturated carbocycles. The van der Waals surface area contributed by atoms with Crippen LogP contribution in [-0.2, 0) is 6.54 Å². The van der Waals surface area contributed by atoms with Gasteiger partial charge in [-0.05, 0) is 43.2 Å². The molecule has 5 rings (SSSR count). The van der Waals surface area contributed by atoms with Gasteiger partial charge in [-0.1, -0.05) is 17.3 Å². The van der Waals surface area contributed by atoms with Gasteiger partial charge in [0.1, 0.15) is 11.5 Å². The Labute approximate surface area is 153 Å². The van der Waals surface area contributed by atoms with Crippen LogP contribution in [-0.4, -0.2) is 14.3 Å². The van der Waals surface area contributed by atoms with Gasteiger partial charge in [-0.25, -0.2) is 4.39 Å². The lowest BCUT2D eigenvalue weighted by Crippen LogP contribution is -2.42. The van der Waals surface area contributed by atoms with Gasteiger partial charge < -0.3 is 13.7 Å². The quantitative estimate of drug-likeness (QED) is 0.665. The summed E-state index contributed by atoms with van der Waals surface area (Å²) < 4.78 is 21.5. The van der Waals surface area contributed by atoms with Crippen LogP contribution in [0.4, 0.5) is 4.39 Å². The van der Waals surface area contributed by atoms with Crippen molar-refractivity contribution in [1.82, 2.24) is 14.3 Å². The molecular weight excluding hydrogens is 349 g/mol. The molecule has 0 N–H and O–H groups in total. The van der Waals surface area contributed by atoms with Crippen molar-refractivity contribution < 1.29 is 8.91 Å². The van der Waals surface area contributed by atoms with E-state index in [1.54, 1.807) is 35.2 Å². The van der Waals surface area contributed by atoms with Crippen LogP contribution in [0.3, 0.4) is 0 Å². The smallest absolute Gasteiger partial charge is 0.316 e. The Morgan fingerprint density at radius 2 is 1.89 bits per heavy atom. The van der Waals surface area contributed by atoms with E-state index in [4.69, 9.17) is 4.52 Å². The minimum Gasteiger partial charge on any atom is -0.356 e. The first-order valence-corrected chi connectivity index (χ1v) is 9.11. The molecule has 27 heavy (non-hydrogen) atoms. The zero-order valence-electron chi connectivity index (χ0n) is 14.5. The molecule has 7 heteroatoms. The Morgan fingerprint density at radius 3 is 2.67 bits per heavy atom. The summed E-state index contributed by atoms with van der Waals surface area (Å²) in [5.74, 6) is 1.52. The van der Waals surface area contributed by atoms with E-state index in [9.17, 15) is 14.0 Å². The molecule has 0 bridgehead atoms. The minimum atomic E-state index is -0.562. The third-order valence-corrected chi connectivity index (χ3v) is 5.70. The molecule has 3 aromatic rings. The topological polar surface area (TPSA) is 70.0 Å². The fraction of sp³-hybridized carbons (Fsp3) is 0.350. The molecule has 1 aromatic carbocycles. The van der Waals surface area contributed by atoms with Gasteiger partial charge in [0.15, 0.2) is 5.76 Å². The first-order valence-electron chi connectivity index (χ1n) is 9.11. The van der Waals surface area contributed by atoms with E-state index in [-0.39, 0.29) is 18.4 Å². The predicted molar refractivity (Wildman–Crippen MR) is 95.8 cm³/mol. The van der Waals surface area contributed by atoms with Gasteiger partial charge >= 0.3 is 11.1 Å². The second-order valence-corrected chi connectivity index (χ2v) is 7.52. The summed E-state index contributed by atoms with van der Waals surface area (Å²) in [5.41, 5.74) is 0.0120. The Balaban J connectivity index is 1.39. The van der Waals surface area contributed by atoms with E-state index < -0.39 is 11.1 Å². The minimum absolute atomic E-state index is 0.129. The van der Waals surface area contributed by atoms with E-state index in [1.807, 2.05) is 0 Å². The van der Waals surface area contributed by atoms with Crippen LogP contribution >= 0.6 is 0 Å². The average molecular weight is 367 g/mol. The number of hydrogen-bond donors (Lipinski definition) is 0. The van der Waals surface area contributed by atoms with Crippen LogP contribution in [0.25, 0.3) is 11.3 Å². The number of fused-ring (bicyclic) bond motifs is 1. The summed E-state index contributed by atoms with van der Waals surface area (Å²) in [6.45, 7) is 0.129. The first kappa shape index (κ1) is 16.2. The fourth-order valence-corrected chi connectivity index (χ4v) is 4.18. The van der Waals surface area contributed by atoms with Crippen molar-refractivity contribution in [2.45, 2.75) is 31.8 Å². The van der Waals surface area contributed by atoms with E-state index in [0.717, 1.165) is 24.7 Å². The zero-order valence-corrected chi connectivity index (χ0v) is 14.5. The third kappa shape index (κ3) is 2.93. The van der Waals surface area contributed by atoms with E-state index in [1.165, 1.54) is 23.1 Å². The van der Waals surface area contributed by atoms with Crippen molar-refractivity contribution in [3.05, 3.63) is 74.9 Å².